The van der Waals surface area contributed by atoms with Gasteiger partial charge in [0.15, 0.2) is 11.6 Å². The van der Waals surface area contributed by atoms with Crippen molar-refractivity contribution in [1.82, 2.24) is 20.1 Å². The monoisotopic (exact) mass is 400 g/mol. The summed E-state index contributed by atoms with van der Waals surface area (Å²) >= 11 is 1.54. The van der Waals surface area contributed by atoms with Crippen molar-refractivity contribution in [3.63, 3.8) is 0 Å². The van der Waals surface area contributed by atoms with Crippen LogP contribution in [0.4, 0.5) is 0 Å². The molecule has 3 aromatic heterocycles. The molecule has 0 saturated heterocycles. The van der Waals surface area contributed by atoms with Gasteiger partial charge >= 0.3 is 0 Å². The molecular weight excluding hydrogens is 384 g/mol. The summed E-state index contributed by atoms with van der Waals surface area (Å²) in [5.41, 5.74) is 2.94. The molecular formula is C22H16N4O2S. The van der Waals surface area contributed by atoms with E-state index in [1.165, 1.54) is 11.8 Å². The lowest BCUT2D eigenvalue weighted by atomic mass is 10.1. The summed E-state index contributed by atoms with van der Waals surface area (Å²) in [4.78, 5) is 13.9. The Bertz CT molecular complexity index is 1280. The lowest BCUT2D eigenvalue weighted by Gasteiger charge is -2.06. The van der Waals surface area contributed by atoms with Gasteiger partial charge in [-0.15, -0.1) is 0 Å². The minimum Gasteiger partial charge on any atom is -0.461 e. The van der Waals surface area contributed by atoms with Crippen molar-refractivity contribution in [3.8, 4) is 23.0 Å². The number of thioether (sulfide) groups is 1. The fourth-order valence-electron chi connectivity index (χ4n) is 3.05. The maximum absolute atomic E-state index is 5.47. The van der Waals surface area contributed by atoms with Gasteiger partial charge in [0, 0.05) is 10.9 Å². The number of para-hydroxylation sites is 1. The molecule has 0 spiro atoms. The number of aromatic nitrogens is 4. The number of fused-ring (bicyclic) bond motifs is 1. The summed E-state index contributed by atoms with van der Waals surface area (Å²) in [6.07, 6.45) is 1.62. The summed E-state index contributed by atoms with van der Waals surface area (Å²) in [7, 11) is 0. The molecule has 0 N–H and O–H groups in total. The minimum atomic E-state index is 0.511. The SMILES string of the molecule is Cc1ccccc1-c1noc(CSc2nc(-c3ccco3)nc3ccccc23)n1. The Morgan fingerprint density at radius 3 is 2.59 bits per heavy atom. The molecule has 3 heterocycles. The lowest BCUT2D eigenvalue weighted by Crippen LogP contribution is -1.93. The van der Waals surface area contributed by atoms with Crippen LogP contribution in [0.5, 0.6) is 0 Å². The van der Waals surface area contributed by atoms with E-state index in [-0.39, 0.29) is 0 Å². The normalized spacial score (nSPS) is 11.2. The molecule has 0 bridgehead atoms. The van der Waals surface area contributed by atoms with Crippen LogP contribution < -0.4 is 0 Å². The van der Waals surface area contributed by atoms with Crippen LogP contribution in [0.25, 0.3) is 33.9 Å². The number of hydrogen-bond donors (Lipinski definition) is 0. The predicted octanol–water partition coefficient (Wildman–Crippen LogP) is 5.54. The summed E-state index contributed by atoms with van der Waals surface area (Å²) in [5, 5.41) is 5.96. The van der Waals surface area contributed by atoms with Gasteiger partial charge in [-0.3, -0.25) is 0 Å². The molecule has 0 radical (unpaired) electrons. The molecule has 0 saturated carbocycles. The van der Waals surface area contributed by atoms with Crippen molar-refractivity contribution in [2.24, 2.45) is 0 Å². The van der Waals surface area contributed by atoms with Crippen LogP contribution in [0.2, 0.25) is 0 Å². The highest BCUT2D eigenvalue weighted by molar-refractivity contribution is 7.98. The topological polar surface area (TPSA) is 77.8 Å². The average molecular weight is 400 g/mol. The van der Waals surface area contributed by atoms with Crippen molar-refractivity contribution in [1.29, 1.82) is 0 Å². The Labute approximate surface area is 171 Å². The molecule has 7 heteroatoms. The third kappa shape index (κ3) is 3.52. The van der Waals surface area contributed by atoms with Crippen molar-refractivity contribution >= 4 is 22.7 Å². The second-order valence-corrected chi connectivity index (χ2v) is 7.43. The zero-order valence-electron chi connectivity index (χ0n) is 15.6. The first-order chi connectivity index (χ1) is 14.3. The van der Waals surface area contributed by atoms with Gasteiger partial charge in [-0.05, 0) is 30.7 Å². The molecule has 2 aromatic carbocycles. The van der Waals surface area contributed by atoms with Crippen LogP contribution in [0, 0.1) is 6.92 Å². The van der Waals surface area contributed by atoms with Crippen molar-refractivity contribution in [3.05, 3.63) is 78.4 Å². The van der Waals surface area contributed by atoms with Gasteiger partial charge in [0.2, 0.25) is 11.7 Å². The van der Waals surface area contributed by atoms with Crippen molar-refractivity contribution in [2.45, 2.75) is 17.7 Å². The van der Waals surface area contributed by atoms with E-state index in [0.29, 0.717) is 29.1 Å². The number of aryl methyl sites for hydroxylation is 1. The molecule has 0 aliphatic heterocycles. The zero-order chi connectivity index (χ0) is 19.6. The van der Waals surface area contributed by atoms with Crippen LogP contribution in [0.15, 0.2) is 80.9 Å². The van der Waals surface area contributed by atoms with Crippen LogP contribution in [0.3, 0.4) is 0 Å². The van der Waals surface area contributed by atoms with Gasteiger partial charge < -0.3 is 8.94 Å². The quantitative estimate of drug-likeness (QED) is 0.283. The molecule has 5 aromatic rings. The second kappa shape index (κ2) is 7.52. The fraction of sp³-hybridized carbons (Fsp3) is 0.0909. The Balaban J connectivity index is 1.45. The van der Waals surface area contributed by atoms with E-state index in [1.54, 1.807) is 6.26 Å². The van der Waals surface area contributed by atoms with E-state index >= 15 is 0 Å². The van der Waals surface area contributed by atoms with Crippen LogP contribution in [-0.4, -0.2) is 20.1 Å². The van der Waals surface area contributed by atoms with E-state index in [1.807, 2.05) is 67.6 Å². The Morgan fingerprint density at radius 2 is 1.72 bits per heavy atom. The first-order valence-corrected chi connectivity index (χ1v) is 10.1. The Kier molecular flexibility index (Phi) is 4.57. The smallest absolute Gasteiger partial charge is 0.237 e. The largest absolute Gasteiger partial charge is 0.461 e. The number of furan rings is 1. The van der Waals surface area contributed by atoms with Gasteiger partial charge in [-0.1, -0.05) is 59.4 Å². The molecule has 0 unspecified atom stereocenters. The second-order valence-electron chi connectivity index (χ2n) is 6.46. The minimum absolute atomic E-state index is 0.511. The average Bonchev–Trinajstić information content (AvgIpc) is 3.44. The highest BCUT2D eigenvalue weighted by Crippen LogP contribution is 2.31. The molecule has 5 rings (SSSR count). The first kappa shape index (κ1) is 17.6. The van der Waals surface area contributed by atoms with Gasteiger partial charge in [0.1, 0.15) is 5.03 Å². The van der Waals surface area contributed by atoms with Crippen LogP contribution in [-0.2, 0) is 5.75 Å². The fourth-order valence-corrected chi connectivity index (χ4v) is 3.91. The summed E-state index contributed by atoms with van der Waals surface area (Å²) in [6, 6.07) is 19.6. The van der Waals surface area contributed by atoms with E-state index in [9.17, 15) is 0 Å². The molecule has 0 atom stereocenters. The summed E-state index contributed by atoms with van der Waals surface area (Å²) in [5.74, 6) is 2.86. The predicted molar refractivity (Wildman–Crippen MR) is 111 cm³/mol. The molecule has 142 valence electrons. The first-order valence-electron chi connectivity index (χ1n) is 9.10. The highest BCUT2D eigenvalue weighted by Gasteiger charge is 2.15. The third-order valence-corrected chi connectivity index (χ3v) is 5.47. The van der Waals surface area contributed by atoms with E-state index < -0.39 is 0 Å². The number of rotatable bonds is 5. The van der Waals surface area contributed by atoms with Gasteiger partial charge in [-0.2, -0.15) is 4.98 Å². The third-order valence-electron chi connectivity index (χ3n) is 4.50. The molecule has 6 nitrogen and oxygen atoms in total. The molecule has 0 amide bonds. The molecule has 0 aliphatic carbocycles. The molecule has 29 heavy (non-hydrogen) atoms. The summed E-state index contributed by atoms with van der Waals surface area (Å²) < 4.78 is 10.9. The van der Waals surface area contributed by atoms with Gasteiger partial charge in [0.05, 0.1) is 17.5 Å². The zero-order valence-corrected chi connectivity index (χ0v) is 16.4. The number of benzene rings is 2. The van der Waals surface area contributed by atoms with Gasteiger partial charge in [-0.25, -0.2) is 9.97 Å². The maximum atomic E-state index is 5.47. The molecule has 0 fully saturated rings. The van der Waals surface area contributed by atoms with E-state index in [4.69, 9.17) is 13.9 Å². The lowest BCUT2D eigenvalue weighted by molar-refractivity contribution is 0.391. The van der Waals surface area contributed by atoms with Crippen LogP contribution >= 0.6 is 11.8 Å². The van der Waals surface area contributed by atoms with Gasteiger partial charge in [0.25, 0.3) is 0 Å². The van der Waals surface area contributed by atoms with E-state index in [2.05, 4.69) is 15.1 Å². The number of hydrogen-bond acceptors (Lipinski definition) is 7. The standard InChI is InChI=1S/C22H16N4O2S/c1-14-7-2-3-8-15(14)20-24-19(28-26-20)13-29-22-16-9-4-5-10-17(16)23-21(25-22)18-11-6-12-27-18/h2-12H,13H2,1H3. The van der Waals surface area contributed by atoms with Crippen LogP contribution in [0.1, 0.15) is 11.5 Å². The maximum Gasteiger partial charge on any atom is 0.237 e. The molecule has 0 aliphatic rings. The highest BCUT2D eigenvalue weighted by atomic mass is 32.2. The number of nitrogens with zero attached hydrogens (tertiary/aromatic N) is 4. The Morgan fingerprint density at radius 1 is 0.862 bits per heavy atom. The van der Waals surface area contributed by atoms with E-state index in [0.717, 1.165) is 27.1 Å². The Hall–Kier alpha value is -3.45. The van der Waals surface area contributed by atoms with Crippen molar-refractivity contribution < 1.29 is 8.94 Å². The summed E-state index contributed by atoms with van der Waals surface area (Å²) in [6.45, 7) is 2.03. The van der Waals surface area contributed by atoms with Crippen molar-refractivity contribution in [2.75, 3.05) is 0 Å².